The summed E-state index contributed by atoms with van der Waals surface area (Å²) in [6.45, 7) is 0.554. The maximum atomic E-state index is 8.75. The number of hydrogen-bond donors (Lipinski definition) is 1. The van der Waals surface area contributed by atoms with E-state index in [2.05, 4.69) is 15.4 Å². The average molecular weight is 248 g/mol. The second-order valence-corrected chi connectivity index (χ2v) is 3.87. The average Bonchev–Trinajstić information content (AvgIpc) is 2.72. The molecule has 0 aliphatic rings. The number of rotatable bonds is 3. The van der Waals surface area contributed by atoms with Gasteiger partial charge in [0, 0.05) is 12.7 Å². The van der Waals surface area contributed by atoms with Gasteiger partial charge in [-0.3, -0.25) is 4.68 Å². The molecular formula is C11H10ClN5. The highest BCUT2D eigenvalue weighted by molar-refractivity contribution is 6.32. The minimum atomic E-state index is 0.440. The highest BCUT2D eigenvalue weighted by Crippen LogP contribution is 2.20. The van der Waals surface area contributed by atoms with Gasteiger partial charge in [0.25, 0.3) is 0 Å². The van der Waals surface area contributed by atoms with Crippen molar-refractivity contribution in [1.82, 2.24) is 14.8 Å². The molecule has 0 atom stereocenters. The third kappa shape index (κ3) is 2.55. The Labute approximate surface area is 104 Å². The molecule has 0 fully saturated rings. The third-order valence-corrected chi connectivity index (χ3v) is 2.66. The topological polar surface area (TPSA) is 66.5 Å². The van der Waals surface area contributed by atoms with Gasteiger partial charge in [0.2, 0.25) is 0 Å². The summed E-state index contributed by atoms with van der Waals surface area (Å²) in [4.78, 5) is 4.09. The first-order valence-electron chi connectivity index (χ1n) is 4.97. The van der Waals surface area contributed by atoms with Crippen LogP contribution in [-0.2, 0) is 13.6 Å². The summed E-state index contributed by atoms with van der Waals surface area (Å²) in [6.07, 6.45) is 1.50. The summed E-state index contributed by atoms with van der Waals surface area (Å²) in [5.74, 6) is 0.825. The van der Waals surface area contributed by atoms with Gasteiger partial charge in [-0.05, 0) is 18.2 Å². The maximum absolute atomic E-state index is 8.75. The van der Waals surface area contributed by atoms with Gasteiger partial charge in [-0.15, -0.1) is 0 Å². The number of nitriles is 1. The molecule has 1 N–H and O–H groups in total. The zero-order chi connectivity index (χ0) is 12.3. The molecule has 0 amide bonds. The summed E-state index contributed by atoms with van der Waals surface area (Å²) in [5, 5.41) is 16.3. The van der Waals surface area contributed by atoms with Crippen LogP contribution in [0.25, 0.3) is 0 Å². The summed E-state index contributed by atoms with van der Waals surface area (Å²) in [7, 11) is 1.83. The fourth-order valence-corrected chi connectivity index (χ4v) is 1.60. The van der Waals surface area contributed by atoms with Crippen molar-refractivity contribution >= 4 is 17.3 Å². The molecule has 6 heteroatoms. The Bertz CT molecular complexity index is 569. The molecule has 0 saturated heterocycles. The van der Waals surface area contributed by atoms with Crippen molar-refractivity contribution in [2.75, 3.05) is 5.32 Å². The second-order valence-electron chi connectivity index (χ2n) is 3.46. The van der Waals surface area contributed by atoms with Gasteiger partial charge in [-0.1, -0.05) is 11.6 Å². The van der Waals surface area contributed by atoms with Gasteiger partial charge in [0.05, 0.1) is 17.1 Å². The Morgan fingerprint density at radius 2 is 2.35 bits per heavy atom. The van der Waals surface area contributed by atoms with Crippen LogP contribution in [0.15, 0.2) is 24.5 Å². The number of hydrogen-bond acceptors (Lipinski definition) is 4. The first kappa shape index (κ1) is 11.4. The van der Waals surface area contributed by atoms with Crippen molar-refractivity contribution in [2.24, 2.45) is 7.05 Å². The van der Waals surface area contributed by atoms with Crippen LogP contribution < -0.4 is 5.32 Å². The van der Waals surface area contributed by atoms with Crippen LogP contribution in [-0.4, -0.2) is 14.8 Å². The fourth-order valence-electron chi connectivity index (χ4n) is 1.38. The predicted molar refractivity (Wildman–Crippen MR) is 64.5 cm³/mol. The Balaban J connectivity index is 2.08. The molecule has 5 nitrogen and oxygen atoms in total. The molecule has 0 aliphatic heterocycles. The zero-order valence-corrected chi connectivity index (χ0v) is 9.94. The molecule has 1 heterocycles. The van der Waals surface area contributed by atoms with E-state index in [0.29, 0.717) is 17.1 Å². The van der Waals surface area contributed by atoms with E-state index in [0.717, 1.165) is 11.5 Å². The van der Waals surface area contributed by atoms with E-state index in [1.54, 1.807) is 22.9 Å². The molecule has 2 rings (SSSR count). The van der Waals surface area contributed by atoms with Crippen molar-refractivity contribution in [3.8, 4) is 6.07 Å². The molecule has 86 valence electrons. The summed E-state index contributed by atoms with van der Waals surface area (Å²) >= 11 is 5.93. The molecule has 1 aromatic heterocycles. The quantitative estimate of drug-likeness (QED) is 0.900. The Kier molecular flexibility index (Phi) is 3.26. The zero-order valence-electron chi connectivity index (χ0n) is 9.18. The second kappa shape index (κ2) is 4.85. The van der Waals surface area contributed by atoms with Crippen LogP contribution in [0.5, 0.6) is 0 Å². The van der Waals surface area contributed by atoms with E-state index in [1.165, 1.54) is 6.33 Å². The van der Waals surface area contributed by atoms with Crippen molar-refractivity contribution in [3.63, 3.8) is 0 Å². The van der Waals surface area contributed by atoms with Crippen LogP contribution in [0, 0.1) is 11.3 Å². The highest BCUT2D eigenvalue weighted by atomic mass is 35.5. The minimum Gasteiger partial charge on any atom is -0.378 e. The van der Waals surface area contributed by atoms with Crippen LogP contribution in [0.3, 0.4) is 0 Å². The standard InChI is InChI=1S/C11H10ClN5/c1-17-11(15-7-16-17)6-14-9-3-2-8(5-13)10(12)4-9/h2-4,7,14H,6H2,1H3. The van der Waals surface area contributed by atoms with Gasteiger partial charge in [-0.25, -0.2) is 4.98 Å². The van der Waals surface area contributed by atoms with E-state index in [9.17, 15) is 0 Å². The Hall–Kier alpha value is -2.06. The number of aromatic nitrogens is 3. The van der Waals surface area contributed by atoms with Crippen LogP contribution in [0.1, 0.15) is 11.4 Å². The van der Waals surface area contributed by atoms with Crippen LogP contribution in [0.2, 0.25) is 5.02 Å². The number of anilines is 1. The Morgan fingerprint density at radius 1 is 1.53 bits per heavy atom. The monoisotopic (exact) mass is 247 g/mol. The number of benzene rings is 1. The number of halogens is 1. The predicted octanol–water partition coefficient (Wildman–Crippen LogP) is 1.95. The van der Waals surface area contributed by atoms with Crippen LogP contribution in [0.4, 0.5) is 5.69 Å². The molecule has 2 aromatic rings. The molecule has 0 radical (unpaired) electrons. The first-order valence-corrected chi connectivity index (χ1v) is 5.35. The molecule has 0 unspecified atom stereocenters. The molecule has 0 aliphatic carbocycles. The lowest BCUT2D eigenvalue weighted by Gasteiger charge is -2.06. The minimum absolute atomic E-state index is 0.440. The molecule has 0 bridgehead atoms. The van der Waals surface area contributed by atoms with Gasteiger partial charge >= 0.3 is 0 Å². The highest BCUT2D eigenvalue weighted by Gasteiger charge is 2.03. The van der Waals surface area contributed by atoms with Gasteiger partial charge in [0.1, 0.15) is 18.2 Å². The summed E-state index contributed by atoms with van der Waals surface area (Å²) in [5.41, 5.74) is 1.31. The van der Waals surface area contributed by atoms with Gasteiger partial charge < -0.3 is 5.32 Å². The lowest BCUT2D eigenvalue weighted by atomic mass is 10.2. The summed E-state index contributed by atoms with van der Waals surface area (Å²) in [6, 6.07) is 7.22. The fraction of sp³-hybridized carbons (Fsp3) is 0.182. The molecule has 1 aromatic carbocycles. The molecule has 0 saturated carbocycles. The van der Waals surface area contributed by atoms with Crippen molar-refractivity contribution in [2.45, 2.75) is 6.54 Å². The Morgan fingerprint density at radius 3 is 2.94 bits per heavy atom. The van der Waals surface area contributed by atoms with Gasteiger partial charge in [0.15, 0.2) is 0 Å². The van der Waals surface area contributed by atoms with Crippen molar-refractivity contribution < 1.29 is 0 Å². The van der Waals surface area contributed by atoms with Crippen LogP contribution >= 0.6 is 11.6 Å². The first-order chi connectivity index (χ1) is 8.20. The lowest BCUT2D eigenvalue weighted by Crippen LogP contribution is -2.06. The van der Waals surface area contributed by atoms with E-state index < -0.39 is 0 Å². The number of nitrogens with one attached hydrogen (secondary N) is 1. The number of nitrogens with zero attached hydrogens (tertiary/aromatic N) is 4. The molecular weight excluding hydrogens is 238 g/mol. The van der Waals surface area contributed by atoms with E-state index in [4.69, 9.17) is 16.9 Å². The normalized spacial score (nSPS) is 9.94. The lowest BCUT2D eigenvalue weighted by molar-refractivity contribution is 0.712. The third-order valence-electron chi connectivity index (χ3n) is 2.35. The maximum Gasteiger partial charge on any atom is 0.145 e. The van der Waals surface area contributed by atoms with E-state index in [1.807, 2.05) is 13.1 Å². The summed E-state index contributed by atoms with van der Waals surface area (Å²) < 4.78 is 1.69. The van der Waals surface area contributed by atoms with Crippen molar-refractivity contribution in [3.05, 3.63) is 40.9 Å². The van der Waals surface area contributed by atoms with E-state index >= 15 is 0 Å². The van der Waals surface area contributed by atoms with E-state index in [-0.39, 0.29) is 0 Å². The number of aryl methyl sites for hydroxylation is 1. The molecule has 17 heavy (non-hydrogen) atoms. The van der Waals surface area contributed by atoms with Crippen molar-refractivity contribution in [1.29, 1.82) is 5.26 Å². The molecule has 0 spiro atoms. The largest absolute Gasteiger partial charge is 0.378 e. The van der Waals surface area contributed by atoms with Gasteiger partial charge in [-0.2, -0.15) is 10.4 Å². The smallest absolute Gasteiger partial charge is 0.145 e. The SMILES string of the molecule is Cn1ncnc1CNc1ccc(C#N)c(Cl)c1.